The zero-order valence-electron chi connectivity index (χ0n) is 10.5. The Morgan fingerprint density at radius 1 is 0.600 bits per heavy atom. The lowest BCUT2D eigenvalue weighted by Gasteiger charge is -2.05. The summed E-state index contributed by atoms with van der Waals surface area (Å²) in [4.78, 5) is 34.9. The molecule has 0 aromatic heterocycles. The molecule has 0 heterocycles. The number of urea groups is 1. The minimum atomic E-state index is -0.854. The number of hydrogen-bond donors (Lipinski definition) is 2. The fourth-order valence-electron chi connectivity index (χ4n) is 1.56. The molecule has 0 saturated carbocycles. The first-order valence-electron chi connectivity index (χ1n) is 5.93. The molecule has 0 bridgehead atoms. The summed E-state index contributed by atoms with van der Waals surface area (Å²) >= 11 is 0. The van der Waals surface area contributed by atoms with E-state index in [-0.39, 0.29) is 0 Å². The van der Waals surface area contributed by atoms with Gasteiger partial charge in [-0.3, -0.25) is 20.2 Å². The van der Waals surface area contributed by atoms with Gasteiger partial charge >= 0.3 is 6.03 Å². The highest BCUT2D eigenvalue weighted by molar-refractivity contribution is 6.11. The summed E-state index contributed by atoms with van der Waals surface area (Å²) in [5.74, 6) is -1.13. The molecule has 2 aromatic carbocycles. The number of nitrogens with one attached hydrogen (secondary N) is 2. The van der Waals surface area contributed by atoms with Gasteiger partial charge in [0.05, 0.1) is 0 Å². The maximum absolute atomic E-state index is 11.7. The zero-order valence-corrected chi connectivity index (χ0v) is 10.5. The SMILES string of the molecule is O=C(NC(=O)c1ccccc1)NC(=O)c1ccccc1. The minimum Gasteiger partial charge on any atom is -0.274 e. The normalized spacial score (nSPS) is 9.60. The summed E-state index contributed by atoms with van der Waals surface area (Å²) in [6, 6.07) is 15.7. The molecule has 20 heavy (non-hydrogen) atoms. The Morgan fingerprint density at radius 2 is 0.950 bits per heavy atom. The molecule has 0 fully saturated rings. The molecule has 0 aliphatic heterocycles. The molecular weight excluding hydrogens is 256 g/mol. The summed E-state index contributed by atoms with van der Waals surface area (Å²) in [5, 5.41) is 4.17. The number of benzene rings is 2. The van der Waals surface area contributed by atoms with Crippen molar-refractivity contribution in [2.45, 2.75) is 0 Å². The van der Waals surface area contributed by atoms with Gasteiger partial charge in [-0.05, 0) is 24.3 Å². The number of carbonyl (C=O) groups excluding carboxylic acids is 3. The van der Waals surface area contributed by atoms with Crippen LogP contribution in [0.1, 0.15) is 20.7 Å². The summed E-state index contributed by atoms with van der Waals surface area (Å²) < 4.78 is 0. The third-order valence-corrected chi connectivity index (χ3v) is 2.53. The highest BCUT2D eigenvalue weighted by atomic mass is 16.2. The molecule has 100 valence electrons. The van der Waals surface area contributed by atoms with Crippen molar-refractivity contribution in [3.8, 4) is 0 Å². The standard InChI is InChI=1S/C15H12N2O3/c18-13(11-7-3-1-4-8-11)16-15(20)17-14(19)12-9-5-2-6-10-12/h1-10H,(H2,16,17,18,19,20). The van der Waals surface area contributed by atoms with E-state index in [2.05, 4.69) is 10.6 Å². The number of rotatable bonds is 2. The maximum atomic E-state index is 11.7. The average Bonchev–Trinajstić information content (AvgIpc) is 2.49. The van der Waals surface area contributed by atoms with E-state index < -0.39 is 17.8 Å². The Balaban J connectivity index is 1.93. The van der Waals surface area contributed by atoms with Crippen molar-refractivity contribution in [1.29, 1.82) is 0 Å². The maximum Gasteiger partial charge on any atom is 0.328 e. The third-order valence-electron chi connectivity index (χ3n) is 2.53. The lowest BCUT2D eigenvalue weighted by atomic mass is 10.2. The van der Waals surface area contributed by atoms with Crippen LogP contribution in [-0.2, 0) is 0 Å². The Kier molecular flexibility index (Phi) is 4.24. The van der Waals surface area contributed by atoms with E-state index in [0.29, 0.717) is 11.1 Å². The number of carbonyl (C=O) groups is 3. The zero-order chi connectivity index (χ0) is 14.4. The first kappa shape index (κ1) is 13.5. The van der Waals surface area contributed by atoms with Crippen LogP contribution >= 0.6 is 0 Å². The summed E-state index contributed by atoms with van der Waals surface area (Å²) in [5.41, 5.74) is 0.685. The Morgan fingerprint density at radius 3 is 1.30 bits per heavy atom. The molecular formula is C15H12N2O3. The largest absolute Gasteiger partial charge is 0.328 e. The van der Waals surface area contributed by atoms with Crippen LogP contribution < -0.4 is 10.6 Å². The van der Waals surface area contributed by atoms with E-state index in [0.717, 1.165) is 0 Å². The second-order valence-corrected chi connectivity index (χ2v) is 3.97. The highest BCUT2D eigenvalue weighted by Gasteiger charge is 2.13. The summed E-state index contributed by atoms with van der Waals surface area (Å²) in [6.45, 7) is 0. The molecule has 5 heteroatoms. The van der Waals surface area contributed by atoms with Crippen LogP contribution in [0.2, 0.25) is 0 Å². The monoisotopic (exact) mass is 268 g/mol. The van der Waals surface area contributed by atoms with Crippen molar-refractivity contribution in [2.75, 3.05) is 0 Å². The fourth-order valence-corrected chi connectivity index (χ4v) is 1.56. The molecule has 2 aromatic rings. The van der Waals surface area contributed by atoms with Crippen molar-refractivity contribution in [1.82, 2.24) is 10.6 Å². The van der Waals surface area contributed by atoms with E-state index in [4.69, 9.17) is 0 Å². The van der Waals surface area contributed by atoms with Gasteiger partial charge in [0.2, 0.25) is 0 Å². The van der Waals surface area contributed by atoms with Crippen molar-refractivity contribution >= 4 is 17.8 Å². The van der Waals surface area contributed by atoms with E-state index in [1.165, 1.54) is 0 Å². The van der Waals surface area contributed by atoms with Gasteiger partial charge in [-0.2, -0.15) is 0 Å². The van der Waals surface area contributed by atoms with E-state index in [1.807, 2.05) is 0 Å². The highest BCUT2D eigenvalue weighted by Crippen LogP contribution is 1.99. The topological polar surface area (TPSA) is 75.3 Å². The fraction of sp³-hybridized carbons (Fsp3) is 0. The lowest BCUT2D eigenvalue weighted by molar-refractivity contribution is 0.0945. The van der Waals surface area contributed by atoms with Crippen LogP contribution in [0.5, 0.6) is 0 Å². The predicted molar refractivity (Wildman–Crippen MR) is 73.2 cm³/mol. The van der Waals surface area contributed by atoms with Gasteiger partial charge in [-0.1, -0.05) is 36.4 Å². The molecule has 2 rings (SSSR count). The summed E-state index contributed by atoms with van der Waals surface area (Å²) in [7, 11) is 0. The van der Waals surface area contributed by atoms with E-state index in [9.17, 15) is 14.4 Å². The van der Waals surface area contributed by atoms with Crippen LogP contribution in [0.25, 0.3) is 0 Å². The van der Waals surface area contributed by atoms with Crippen LogP contribution in [0, 0.1) is 0 Å². The van der Waals surface area contributed by atoms with Crippen molar-refractivity contribution in [3.63, 3.8) is 0 Å². The Bertz CT molecular complexity index is 569. The van der Waals surface area contributed by atoms with Gasteiger partial charge in [-0.25, -0.2) is 4.79 Å². The van der Waals surface area contributed by atoms with Gasteiger partial charge in [0.1, 0.15) is 0 Å². The molecule has 0 aliphatic carbocycles. The first-order valence-corrected chi connectivity index (χ1v) is 5.93. The molecule has 2 N–H and O–H groups in total. The quantitative estimate of drug-likeness (QED) is 0.874. The minimum absolute atomic E-state index is 0.342. The average molecular weight is 268 g/mol. The van der Waals surface area contributed by atoms with Crippen LogP contribution in [0.4, 0.5) is 4.79 Å². The summed E-state index contributed by atoms with van der Waals surface area (Å²) in [6.07, 6.45) is 0. The van der Waals surface area contributed by atoms with Gasteiger partial charge < -0.3 is 0 Å². The lowest BCUT2D eigenvalue weighted by Crippen LogP contribution is -2.42. The van der Waals surface area contributed by atoms with Crippen LogP contribution in [0.15, 0.2) is 60.7 Å². The molecule has 5 nitrogen and oxygen atoms in total. The van der Waals surface area contributed by atoms with Gasteiger partial charge in [0, 0.05) is 11.1 Å². The number of hydrogen-bond acceptors (Lipinski definition) is 3. The molecule has 0 unspecified atom stereocenters. The van der Waals surface area contributed by atoms with E-state index in [1.54, 1.807) is 60.7 Å². The number of amides is 4. The molecule has 0 atom stereocenters. The smallest absolute Gasteiger partial charge is 0.274 e. The Hall–Kier alpha value is -2.95. The molecule has 0 aliphatic rings. The van der Waals surface area contributed by atoms with Crippen LogP contribution in [-0.4, -0.2) is 17.8 Å². The predicted octanol–water partition coefficient (Wildman–Crippen LogP) is 1.97. The third kappa shape index (κ3) is 3.52. The molecule has 0 saturated heterocycles. The van der Waals surface area contributed by atoms with Crippen LogP contribution in [0.3, 0.4) is 0 Å². The van der Waals surface area contributed by atoms with Crippen molar-refractivity contribution in [3.05, 3.63) is 71.8 Å². The van der Waals surface area contributed by atoms with Gasteiger partial charge in [0.15, 0.2) is 0 Å². The molecule has 4 amide bonds. The van der Waals surface area contributed by atoms with E-state index >= 15 is 0 Å². The van der Waals surface area contributed by atoms with Crippen molar-refractivity contribution in [2.24, 2.45) is 0 Å². The second kappa shape index (κ2) is 6.29. The second-order valence-electron chi connectivity index (χ2n) is 3.97. The van der Waals surface area contributed by atoms with Gasteiger partial charge in [-0.15, -0.1) is 0 Å². The number of imide groups is 2. The first-order chi connectivity index (χ1) is 9.66. The Labute approximate surface area is 115 Å². The molecule has 0 radical (unpaired) electrons. The van der Waals surface area contributed by atoms with Gasteiger partial charge in [0.25, 0.3) is 11.8 Å². The molecule has 0 spiro atoms. The van der Waals surface area contributed by atoms with Crippen molar-refractivity contribution < 1.29 is 14.4 Å².